The summed E-state index contributed by atoms with van der Waals surface area (Å²) in [5.41, 5.74) is 1.05. The van der Waals surface area contributed by atoms with Crippen LogP contribution in [0.4, 0.5) is 0 Å². The number of pyridine rings is 1. The molecule has 2 aliphatic rings. The van der Waals surface area contributed by atoms with E-state index in [2.05, 4.69) is 11.6 Å². The summed E-state index contributed by atoms with van der Waals surface area (Å²) in [4.78, 5) is 34.1. The van der Waals surface area contributed by atoms with E-state index in [4.69, 9.17) is 0 Å². The third kappa shape index (κ3) is 3.22. The molecule has 2 aromatic rings. The zero-order valence-corrected chi connectivity index (χ0v) is 15.6. The van der Waals surface area contributed by atoms with Crippen molar-refractivity contribution in [2.24, 2.45) is 0 Å². The molecule has 3 heterocycles. The van der Waals surface area contributed by atoms with Gasteiger partial charge in [0.1, 0.15) is 5.69 Å². The lowest BCUT2D eigenvalue weighted by molar-refractivity contribution is -0.143. The van der Waals surface area contributed by atoms with Gasteiger partial charge in [-0.3, -0.25) is 9.59 Å². The van der Waals surface area contributed by atoms with Crippen LogP contribution in [-0.4, -0.2) is 51.8 Å². The van der Waals surface area contributed by atoms with Gasteiger partial charge in [0.05, 0.1) is 11.1 Å². The molecular weight excluding hydrogens is 338 g/mol. The molecule has 27 heavy (non-hydrogen) atoms. The molecule has 1 spiro atoms. The average Bonchev–Trinajstić information content (AvgIpc) is 2.70. The van der Waals surface area contributed by atoms with Crippen molar-refractivity contribution < 1.29 is 9.59 Å². The van der Waals surface area contributed by atoms with Crippen molar-refractivity contribution in [2.45, 2.75) is 37.6 Å². The number of hydrogen-bond donors (Lipinski definition) is 0. The van der Waals surface area contributed by atoms with Gasteiger partial charge < -0.3 is 9.80 Å². The van der Waals surface area contributed by atoms with Crippen molar-refractivity contribution in [3.8, 4) is 0 Å². The first-order valence-corrected chi connectivity index (χ1v) is 9.69. The first-order valence-electron chi connectivity index (χ1n) is 9.69. The number of rotatable bonds is 3. The van der Waals surface area contributed by atoms with Crippen LogP contribution < -0.4 is 0 Å². The summed E-state index contributed by atoms with van der Waals surface area (Å²) >= 11 is 0. The van der Waals surface area contributed by atoms with Crippen molar-refractivity contribution in [3.63, 3.8) is 0 Å². The van der Waals surface area contributed by atoms with E-state index in [0.717, 1.165) is 36.6 Å². The Morgan fingerprint density at radius 3 is 2.85 bits per heavy atom. The van der Waals surface area contributed by atoms with Crippen molar-refractivity contribution >= 4 is 22.7 Å². The van der Waals surface area contributed by atoms with E-state index in [1.54, 1.807) is 12.1 Å². The number of likely N-dealkylation sites (tertiary alicyclic amines) is 2. The molecule has 0 aliphatic carbocycles. The second-order valence-electron chi connectivity index (χ2n) is 7.59. The Labute approximate surface area is 159 Å². The Kier molecular flexibility index (Phi) is 4.68. The number of fused-ring (bicyclic) bond motifs is 1. The van der Waals surface area contributed by atoms with Gasteiger partial charge in [-0.05, 0) is 37.8 Å². The van der Waals surface area contributed by atoms with E-state index in [1.807, 2.05) is 40.1 Å². The number of para-hydroxylation sites is 1. The smallest absolute Gasteiger partial charge is 0.272 e. The fourth-order valence-corrected chi connectivity index (χ4v) is 4.58. The molecule has 0 saturated carbocycles. The number of benzene rings is 1. The molecule has 2 aliphatic heterocycles. The van der Waals surface area contributed by atoms with Crippen LogP contribution in [0.3, 0.4) is 0 Å². The highest BCUT2D eigenvalue weighted by Gasteiger charge is 2.45. The quantitative estimate of drug-likeness (QED) is 0.786. The third-order valence-electron chi connectivity index (χ3n) is 5.88. The van der Waals surface area contributed by atoms with Crippen LogP contribution in [0, 0.1) is 0 Å². The van der Waals surface area contributed by atoms with E-state index >= 15 is 0 Å². The molecule has 1 aromatic carbocycles. The predicted molar refractivity (Wildman–Crippen MR) is 105 cm³/mol. The fraction of sp³-hybridized carbons (Fsp3) is 0.409. The zero-order chi connectivity index (χ0) is 18.9. The van der Waals surface area contributed by atoms with E-state index in [9.17, 15) is 9.59 Å². The lowest BCUT2D eigenvalue weighted by atomic mass is 9.79. The predicted octanol–water partition coefficient (Wildman–Crippen LogP) is 3.41. The molecule has 1 atom stereocenters. The van der Waals surface area contributed by atoms with Gasteiger partial charge in [0, 0.05) is 31.4 Å². The summed E-state index contributed by atoms with van der Waals surface area (Å²) in [6.45, 7) is 5.66. The molecule has 1 aromatic heterocycles. The molecule has 2 saturated heterocycles. The van der Waals surface area contributed by atoms with Crippen LogP contribution >= 0.6 is 0 Å². The minimum atomic E-state index is -0.256. The monoisotopic (exact) mass is 363 g/mol. The standard InChI is InChI=1S/C22H25N3O2/c1-2-14-25-20(26)9-5-12-22(25)13-6-15-24(16-22)21(27)19-11-10-17-7-3-4-8-18(17)23-19/h2-4,7-8,10-11H,1,5-6,9,12-16H2/t22-/m1/s1. The summed E-state index contributed by atoms with van der Waals surface area (Å²) in [6, 6.07) is 11.6. The van der Waals surface area contributed by atoms with Gasteiger partial charge >= 0.3 is 0 Å². The molecule has 0 unspecified atom stereocenters. The molecule has 0 radical (unpaired) electrons. The van der Waals surface area contributed by atoms with E-state index in [0.29, 0.717) is 31.7 Å². The fourth-order valence-electron chi connectivity index (χ4n) is 4.58. The van der Waals surface area contributed by atoms with E-state index in [1.165, 1.54) is 0 Å². The summed E-state index contributed by atoms with van der Waals surface area (Å²) in [6.07, 6.45) is 6.07. The number of piperidine rings is 2. The van der Waals surface area contributed by atoms with Gasteiger partial charge in [0.2, 0.25) is 5.91 Å². The molecule has 2 amide bonds. The van der Waals surface area contributed by atoms with Crippen LogP contribution in [0.5, 0.6) is 0 Å². The lowest BCUT2D eigenvalue weighted by Gasteiger charge is -2.51. The first kappa shape index (κ1) is 17.7. The highest BCUT2D eigenvalue weighted by atomic mass is 16.2. The topological polar surface area (TPSA) is 53.5 Å². The summed E-state index contributed by atoms with van der Waals surface area (Å²) in [5.74, 6) is 0.135. The van der Waals surface area contributed by atoms with Gasteiger partial charge in [-0.1, -0.05) is 30.3 Å². The average molecular weight is 363 g/mol. The number of hydrogen-bond acceptors (Lipinski definition) is 3. The van der Waals surface area contributed by atoms with Crippen molar-refractivity contribution in [2.75, 3.05) is 19.6 Å². The van der Waals surface area contributed by atoms with Crippen LogP contribution in [0.2, 0.25) is 0 Å². The van der Waals surface area contributed by atoms with Gasteiger partial charge in [-0.25, -0.2) is 4.98 Å². The van der Waals surface area contributed by atoms with Crippen molar-refractivity contribution in [3.05, 3.63) is 54.7 Å². The Morgan fingerprint density at radius 2 is 2.00 bits per heavy atom. The van der Waals surface area contributed by atoms with Crippen LogP contribution in [0.25, 0.3) is 10.9 Å². The molecule has 5 nitrogen and oxygen atoms in total. The Hall–Kier alpha value is -2.69. The van der Waals surface area contributed by atoms with Crippen molar-refractivity contribution in [1.29, 1.82) is 0 Å². The van der Waals surface area contributed by atoms with E-state index in [-0.39, 0.29) is 17.4 Å². The SMILES string of the molecule is C=CCN1C(=O)CCC[C@]12CCCN(C(=O)c1ccc3ccccc3n1)C2. The van der Waals surface area contributed by atoms with Crippen molar-refractivity contribution in [1.82, 2.24) is 14.8 Å². The Bertz CT molecular complexity index is 890. The Balaban J connectivity index is 1.60. The number of carbonyl (C=O) groups excluding carboxylic acids is 2. The van der Waals surface area contributed by atoms with Gasteiger partial charge in [-0.15, -0.1) is 6.58 Å². The van der Waals surface area contributed by atoms with Crippen LogP contribution in [-0.2, 0) is 4.79 Å². The largest absolute Gasteiger partial charge is 0.335 e. The molecule has 4 rings (SSSR count). The number of aromatic nitrogens is 1. The second-order valence-corrected chi connectivity index (χ2v) is 7.59. The summed E-state index contributed by atoms with van der Waals surface area (Å²) < 4.78 is 0. The molecular formula is C22H25N3O2. The minimum absolute atomic E-state index is 0.0450. The van der Waals surface area contributed by atoms with Gasteiger partial charge in [-0.2, -0.15) is 0 Å². The van der Waals surface area contributed by atoms with Gasteiger partial charge in [0.25, 0.3) is 5.91 Å². The lowest BCUT2D eigenvalue weighted by Crippen LogP contribution is -2.63. The highest BCUT2D eigenvalue weighted by Crippen LogP contribution is 2.37. The maximum atomic E-state index is 13.2. The number of amides is 2. The normalized spacial score (nSPS) is 23.0. The van der Waals surface area contributed by atoms with Crippen LogP contribution in [0.15, 0.2) is 49.1 Å². The number of carbonyl (C=O) groups is 2. The van der Waals surface area contributed by atoms with Crippen LogP contribution in [0.1, 0.15) is 42.6 Å². The molecule has 140 valence electrons. The number of nitrogens with zero attached hydrogens (tertiary/aromatic N) is 3. The third-order valence-corrected chi connectivity index (χ3v) is 5.88. The molecule has 0 bridgehead atoms. The molecule has 5 heteroatoms. The van der Waals surface area contributed by atoms with E-state index < -0.39 is 0 Å². The molecule has 0 N–H and O–H groups in total. The molecule has 2 fully saturated rings. The minimum Gasteiger partial charge on any atom is -0.335 e. The Morgan fingerprint density at radius 1 is 1.19 bits per heavy atom. The highest BCUT2D eigenvalue weighted by molar-refractivity contribution is 5.95. The second kappa shape index (κ2) is 7.14. The maximum absolute atomic E-state index is 13.2. The van der Waals surface area contributed by atoms with Gasteiger partial charge in [0.15, 0.2) is 0 Å². The first-order chi connectivity index (χ1) is 13.1. The summed E-state index contributed by atoms with van der Waals surface area (Å²) in [7, 11) is 0. The zero-order valence-electron chi connectivity index (χ0n) is 15.6. The maximum Gasteiger partial charge on any atom is 0.272 e. The summed E-state index contributed by atoms with van der Waals surface area (Å²) in [5, 5.41) is 1.03.